The molecule has 1 aromatic carbocycles. The zero-order valence-electron chi connectivity index (χ0n) is 15.5. The first-order valence-electron chi connectivity index (χ1n) is 9.15. The van der Waals surface area contributed by atoms with E-state index in [1.807, 2.05) is 35.0 Å². The number of nitrogens with zero attached hydrogens (tertiary/aromatic N) is 3. The average Bonchev–Trinajstić information content (AvgIpc) is 3.34. The molecule has 0 bridgehead atoms. The summed E-state index contributed by atoms with van der Waals surface area (Å²) in [4.78, 5) is 32.9. The van der Waals surface area contributed by atoms with Crippen LogP contribution in [0.3, 0.4) is 0 Å². The number of carbonyl (C=O) groups excluding carboxylic acids is 1. The van der Waals surface area contributed by atoms with Crippen molar-refractivity contribution < 1.29 is 13.6 Å². The van der Waals surface area contributed by atoms with Crippen molar-refractivity contribution in [3.05, 3.63) is 106 Å². The lowest BCUT2D eigenvalue weighted by Crippen LogP contribution is -2.20. The minimum absolute atomic E-state index is 0.0333. The Morgan fingerprint density at radius 1 is 1.03 bits per heavy atom. The van der Waals surface area contributed by atoms with E-state index in [1.165, 1.54) is 23.0 Å². The largest absolute Gasteiger partial charge is 0.356 e. The lowest BCUT2D eigenvalue weighted by Gasteiger charge is -2.05. The van der Waals surface area contributed by atoms with Crippen LogP contribution in [-0.2, 0) is 6.54 Å². The summed E-state index contributed by atoms with van der Waals surface area (Å²) in [5.41, 5.74) is 0.664. The van der Waals surface area contributed by atoms with Crippen molar-refractivity contribution in [2.75, 3.05) is 0 Å². The number of imidazole rings is 1. The summed E-state index contributed by atoms with van der Waals surface area (Å²) in [7, 11) is 0. The molecule has 30 heavy (non-hydrogen) atoms. The summed E-state index contributed by atoms with van der Waals surface area (Å²) < 4.78 is 31.4. The zero-order valence-corrected chi connectivity index (χ0v) is 15.5. The van der Waals surface area contributed by atoms with E-state index < -0.39 is 23.0 Å². The van der Waals surface area contributed by atoms with Crippen LogP contribution in [0.5, 0.6) is 0 Å². The molecule has 8 heteroatoms. The van der Waals surface area contributed by atoms with Gasteiger partial charge in [0.2, 0.25) is 5.78 Å². The molecule has 4 heterocycles. The van der Waals surface area contributed by atoms with Gasteiger partial charge in [-0.25, -0.2) is 13.8 Å². The molecule has 0 aliphatic heterocycles. The van der Waals surface area contributed by atoms with Gasteiger partial charge in [-0.1, -0.05) is 12.1 Å². The Morgan fingerprint density at radius 2 is 1.83 bits per heavy atom. The van der Waals surface area contributed by atoms with Crippen molar-refractivity contribution >= 4 is 22.3 Å². The van der Waals surface area contributed by atoms with Crippen molar-refractivity contribution in [1.82, 2.24) is 18.9 Å². The van der Waals surface area contributed by atoms with Crippen molar-refractivity contribution in [2.45, 2.75) is 6.54 Å². The predicted octanol–water partition coefficient (Wildman–Crippen LogP) is 3.53. The molecule has 1 N–H and O–H groups in total. The lowest BCUT2D eigenvalue weighted by molar-refractivity contribution is 0.103. The Balaban J connectivity index is 1.55. The summed E-state index contributed by atoms with van der Waals surface area (Å²) in [6.07, 6.45) is 6.53. The molecule has 0 amide bonds. The van der Waals surface area contributed by atoms with Gasteiger partial charge in [0.05, 0.1) is 17.8 Å². The van der Waals surface area contributed by atoms with Crippen molar-refractivity contribution in [2.24, 2.45) is 0 Å². The topological polar surface area (TPSA) is 72.2 Å². The molecular formula is C22H14F2N4O2. The smallest absolute Gasteiger partial charge is 0.275 e. The number of aromatic amines is 1. The number of aromatic nitrogens is 4. The number of halogens is 2. The summed E-state index contributed by atoms with van der Waals surface area (Å²) in [6.45, 7) is 0.237. The molecule has 0 radical (unpaired) electrons. The number of hydrogen-bond acceptors (Lipinski definition) is 3. The maximum atomic E-state index is 14.0. The van der Waals surface area contributed by atoms with Crippen molar-refractivity contribution in [3.8, 4) is 0 Å². The minimum Gasteiger partial charge on any atom is -0.356 e. The van der Waals surface area contributed by atoms with Gasteiger partial charge in [-0.05, 0) is 30.3 Å². The highest BCUT2D eigenvalue weighted by Gasteiger charge is 2.22. The maximum absolute atomic E-state index is 14.0. The van der Waals surface area contributed by atoms with E-state index in [0.717, 1.165) is 17.8 Å². The summed E-state index contributed by atoms with van der Waals surface area (Å²) in [6, 6.07) is 10.4. The van der Waals surface area contributed by atoms with E-state index in [1.54, 1.807) is 6.07 Å². The fraction of sp³-hybridized carbons (Fsp3) is 0.0455. The summed E-state index contributed by atoms with van der Waals surface area (Å²) in [5.74, 6) is -2.72. The number of nitrogens with one attached hydrogen (secondary N) is 1. The van der Waals surface area contributed by atoms with Gasteiger partial charge in [-0.3, -0.25) is 9.59 Å². The Morgan fingerprint density at radius 3 is 2.60 bits per heavy atom. The highest BCUT2D eigenvalue weighted by Crippen LogP contribution is 2.22. The second-order valence-corrected chi connectivity index (χ2v) is 6.86. The highest BCUT2D eigenvalue weighted by molar-refractivity contribution is 6.16. The van der Waals surface area contributed by atoms with Gasteiger partial charge < -0.3 is 14.0 Å². The quantitative estimate of drug-likeness (QED) is 0.466. The van der Waals surface area contributed by atoms with Crippen LogP contribution in [-0.4, -0.2) is 24.7 Å². The fourth-order valence-corrected chi connectivity index (χ4v) is 3.56. The third-order valence-corrected chi connectivity index (χ3v) is 5.00. The maximum Gasteiger partial charge on any atom is 0.275 e. The Labute approximate surface area is 168 Å². The molecular weight excluding hydrogens is 390 g/mol. The van der Waals surface area contributed by atoms with Crippen LogP contribution in [0.4, 0.5) is 8.78 Å². The number of rotatable bonds is 4. The molecule has 0 atom stereocenters. The van der Waals surface area contributed by atoms with Gasteiger partial charge in [-0.15, -0.1) is 0 Å². The molecule has 0 aliphatic rings. The zero-order chi connectivity index (χ0) is 20.8. The fourth-order valence-electron chi connectivity index (χ4n) is 3.56. The van der Waals surface area contributed by atoms with Crippen LogP contribution in [0.2, 0.25) is 0 Å². The monoisotopic (exact) mass is 404 g/mol. The summed E-state index contributed by atoms with van der Waals surface area (Å²) in [5, 5.41) is 0.305. The van der Waals surface area contributed by atoms with E-state index >= 15 is 0 Å². The van der Waals surface area contributed by atoms with E-state index in [2.05, 4.69) is 9.97 Å². The van der Waals surface area contributed by atoms with Gasteiger partial charge in [-0.2, -0.15) is 0 Å². The molecule has 0 saturated heterocycles. The number of carbonyl (C=O) groups is 1. The molecule has 5 aromatic rings. The van der Waals surface area contributed by atoms with E-state index in [9.17, 15) is 18.4 Å². The first kappa shape index (κ1) is 18.0. The van der Waals surface area contributed by atoms with Gasteiger partial charge in [0, 0.05) is 35.7 Å². The van der Waals surface area contributed by atoms with Crippen LogP contribution >= 0.6 is 0 Å². The Bertz CT molecular complexity index is 1440. The third-order valence-electron chi connectivity index (χ3n) is 5.00. The SMILES string of the molecule is O=C(c1c(F)cccc1F)c1c[nH]c2c(=O)n(Cc3cn4ccccc4n3)ccc12. The van der Waals surface area contributed by atoms with Crippen LogP contribution in [0.1, 0.15) is 21.6 Å². The minimum atomic E-state index is -0.949. The number of benzene rings is 1. The number of fused-ring (bicyclic) bond motifs is 2. The lowest BCUT2D eigenvalue weighted by atomic mass is 10.0. The number of H-pyrrole nitrogens is 1. The van der Waals surface area contributed by atoms with Crippen LogP contribution < -0.4 is 5.56 Å². The van der Waals surface area contributed by atoms with E-state index in [0.29, 0.717) is 11.1 Å². The summed E-state index contributed by atoms with van der Waals surface area (Å²) >= 11 is 0. The standard InChI is InChI=1S/C22H14F2N4O2/c23-16-4-3-5-17(24)19(16)21(29)15-10-25-20-14(15)7-9-28(22(20)30)12-13-11-27-8-2-1-6-18(27)26-13/h1-11,25H,12H2. The second kappa shape index (κ2) is 6.77. The molecule has 5 rings (SSSR count). The number of hydrogen-bond donors (Lipinski definition) is 1. The Kier molecular flexibility index (Phi) is 4.06. The first-order chi connectivity index (χ1) is 14.5. The molecule has 4 aromatic heterocycles. The van der Waals surface area contributed by atoms with Gasteiger partial charge in [0.25, 0.3) is 5.56 Å². The second-order valence-electron chi connectivity index (χ2n) is 6.86. The first-order valence-corrected chi connectivity index (χ1v) is 9.15. The number of pyridine rings is 2. The molecule has 148 valence electrons. The average molecular weight is 404 g/mol. The predicted molar refractivity (Wildman–Crippen MR) is 107 cm³/mol. The van der Waals surface area contributed by atoms with E-state index in [-0.39, 0.29) is 23.2 Å². The van der Waals surface area contributed by atoms with Gasteiger partial charge in [0.15, 0.2) is 0 Å². The molecule has 0 fully saturated rings. The molecule has 0 spiro atoms. The molecule has 0 saturated carbocycles. The molecule has 6 nitrogen and oxygen atoms in total. The van der Waals surface area contributed by atoms with Crippen LogP contribution in [0.15, 0.2) is 72.0 Å². The van der Waals surface area contributed by atoms with Gasteiger partial charge >= 0.3 is 0 Å². The van der Waals surface area contributed by atoms with Crippen molar-refractivity contribution in [3.63, 3.8) is 0 Å². The van der Waals surface area contributed by atoms with Crippen LogP contribution in [0.25, 0.3) is 16.6 Å². The third kappa shape index (κ3) is 2.81. The highest BCUT2D eigenvalue weighted by atomic mass is 19.1. The molecule has 0 aliphatic carbocycles. The number of ketones is 1. The van der Waals surface area contributed by atoms with Crippen LogP contribution in [0, 0.1) is 11.6 Å². The van der Waals surface area contributed by atoms with Crippen molar-refractivity contribution in [1.29, 1.82) is 0 Å². The van der Waals surface area contributed by atoms with Gasteiger partial charge in [0.1, 0.15) is 22.8 Å². The Hall–Kier alpha value is -4.07. The normalized spacial score (nSPS) is 11.4. The molecule has 0 unspecified atom stereocenters. The van der Waals surface area contributed by atoms with E-state index in [4.69, 9.17) is 0 Å².